The number of hydrogen-bond donors (Lipinski definition) is 1. The number of imide groups is 1. The van der Waals surface area contributed by atoms with Crippen LogP contribution in [0.4, 0.5) is 11.4 Å². The number of hydrogen-bond acceptors (Lipinski definition) is 4. The molecule has 0 saturated carbocycles. The van der Waals surface area contributed by atoms with E-state index in [4.69, 9.17) is 0 Å². The highest BCUT2D eigenvalue weighted by molar-refractivity contribution is 7.11. The molecule has 2 amide bonds. The van der Waals surface area contributed by atoms with Crippen molar-refractivity contribution in [1.82, 2.24) is 0 Å². The third kappa shape index (κ3) is 3.14. The Labute approximate surface area is 168 Å². The molecular formula is C23H20N2O2S. The van der Waals surface area contributed by atoms with Crippen molar-refractivity contribution in [3.63, 3.8) is 0 Å². The van der Waals surface area contributed by atoms with E-state index >= 15 is 0 Å². The van der Waals surface area contributed by atoms with Crippen LogP contribution in [0.15, 0.2) is 65.7 Å². The highest BCUT2D eigenvalue weighted by atomic mass is 32.1. The van der Waals surface area contributed by atoms with Crippen molar-refractivity contribution in [2.75, 3.05) is 10.2 Å². The Morgan fingerprint density at radius 1 is 0.857 bits per heavy atom. The average molecular weight is 388 g/mol. The monoisotopic (exact) mass is 388 g/mol. The fourth-order valence-electron chi connectivity index (χ4n) is 3.26. The minimum atomic E-state index is -0.331. The van der Waals surface area contributed by atoms with Gasteiger partial charge in [-0.15, -0.1) is 11.3 Å². The quantitative estimate of drug-likeness (QED) is 0.635. The van der Waals surface area contributed by atoms with E-state index in [-0.39, 0.29) is 11.8 Å². The second kappa shape index (κ2) is 7.09. The van der Waals surface area contributed by atoms with Gasteiger partial charge >= 0.3 is 0 Å². The highest BCUT2D eigenvalue weighted by Gasteiger charge is 2.41. The number of amides is 2. The Hall–Kier alpha value is -3.18. The van der Waals surface area contributed by atoms with Gasteiger partial charge in [-0.05, 0) is 61.5 Å². The number of thiophene rings is 1. The lowest BCUT2D eigenvalue weighted by atomic mass is 10.1. The van der Waals surface area contributed by atoms with E-state index in [0.29, 0.717) is 17.0 Å². The number of benzene rings is 2. The Morgan fingerprint density at radius 3 is 2.25 bits per heavy atom. The van der Waals surface area contributed by atoms with Crippen LogP contribution in [0, 0.1) is 20.8 Å². The number of nitrogens with one attached hydrogen (secondary N) is 1. The number of aryl methyl sites for hydroxylation is 3. The smallest absolute Gasteiger partial charge is 0.282 e. The van der Waals surface area contributed by atoms with Crippen molar-refractivity contribution in [2.45, 2.75) is 20.8 Å². The van der Waals surface area contributed by atoms with Gasteiger partial charge in [0.05, 0.1) is 11.3 Å². The maximum Gasteiger partial charge on any atom is 0.282 e. The second-order valence-electron chi connectivity index (χ2n) is 6.95. The van der Waals surface area contributed by atoms with Crippen LogP contribution in [0.5, 0.6) is 0 Å². The number of nitrogens with zero attached hydrogens (tertiary/aromatic N) is 1. The SMILES string of the molecule is Cc1ccc(NC2=C(c3cccs3)C(=O)N(c3cc(C)ccc3C)C2=O)cc1. The first-order valence-electron chi connectivity index (χ1n) is 9.03. The molecule has 0 saturated heterocycles. The molecular weight excluding hydrogens is 368 g/mol. The van der Waals surface area contributed by atoms with E-state index in [1.807, 2.05) is 80.7 Å². The van der Waals surface area contributed by atoms with E-state index in [0.717, 1.165) is 27.3 Å². The van der Waals surface area contributed by atoms with Crippen LogP contribution in [-0.2, 0) is 9.59 Å². The summed E-state index contributed by atoms with van der Waals surface area (Å²) in [5.41, 5.74) is 5.15. The van der Waals surface area contributed by atoms with Gasteiger partial charge in [-0.2, -0.15) is 0 Å². The topological polar surface area (TPSA) is 49.4 Å². The molecule has 0 aliphatic carbocycles. The molecule has 2 heterocycles. The minimum absolute atomic E-state index is 0.296. The molecule has 1 aliphatic rings. The Kier molecular flexibility index (Phi) is 4.61. The van der Waals surface area contributed by atoms with Crippen molar-refractivity contribution >= 4 is 40.1 Å². The molecule has 0 fully saturated rings. The van der Waals surface area contributed by atoms with Crippen molar-refractivity contribution < 1.29 is 9.59 Å². The summed E-state index contributed by atoms with van der Waals surface area (Å²) in [4.78, 5) is 28.8. The second-order valence-corrected chi connectivity index (χ2v) is 7.90. The largest absolute Gasteiger partial charge is 0.350 e. The molecule has 5 heteroatoms. The number of rotatable bonds is 4. The summed E-state index contributed by atoms with van der Waals surface area (Å²) < 4.78 is 0. The number of carbonyl (C=O) groups is 2. The van der Waals surface area contributed by atoms with Crippen molar-refractivity contribution in [3.8, 4) is 0 Å². The molecule has 0 unspecified atom stereocenters. The summed E-state index contributed by atoms with van der Waals surface area (Å²) in [5.74, 6) is -0.626. The lowest BCUT2D eigenvalue weighted by molar-refractivity contribution is -0.120. The molecule has 0 spiro atoms. The summed E-state index contributed by atoms with van der Waals surface area (Å²) in [5, 5.41) is 5.10. The van der Waals surface area contributed by atoms with Gasteiger partial charge in [-0.3, -0.25) is 9.59 Å². The van der Waals surface area contributed by atoms with E-state index in [1.54, 1.807) is 0 Å². The molecule has 2 aromatic carbocycles. The van der Waals surface area contributed by atoms with Gasteiger partial charge in [-0.1, -0.05) is 35.9 Å². The Bertz CT molecular complexity index is 1100. The fourth-order valence-corrected chi connectivity index (χ4v) is 4.02. The molecule has 1 aliphatic heterocycles. The van der Waals surface area contributed by atoms with Gasteiger partial charge in [0.15, 0.2) is 0 Å². The third-order valence-electron chi connectivity index (χ3n) is 4.78. The molecule has 140 valence electrons. The third-order valence-corrected chi connectivity index (χ3v) is 5.67. The molecule has 4 nitrogen and oxygen atoms in total. The molecule has 1 aromatic heterocycles. The highest BCUT2D eigenvalue weighted by Crippen LogP contribution is 2.36. The zero-order valence-corrected chi connectivity index (χ0v) is 16.8. The van der Waals surface area contributed by atoms with Gasteiger partial charge in [0.25, 0.3) is 11.8 Å². The summed E-state index contributed by atoms with van der Waals surface area (Å²) in [6, 6.07) is 17.3. The van der Waals surface area contributed by atoms with E-state index in [1.165, 1.54) is 16.2 Å². The van der Waals surface area contributed by atoms with E-state index in [2.05, 4.69) is 5.32 Å². The van der Waals surface area contributed by atoms with Gasteiger partial charge in [0.1, 0.15) is 5.70 Å². The van der Waals surface area contributed by atoms with Crippen LogP contribution in [0.2, 0.25) is 0 Å². The van der Waals surface area contributed by atoms with Gasteiger partial charge in [-0.25, -0.2) is 4.90 Å². The van der Waals surface area contributed by atoms with Crippen LogP contribution >= 0.6 is 11.3 Å². The lowest BCUT2D eigenvalue weighted by Gasteiger charge is -2.18. The van der Waals surface area contributed by atoms with Crippen LogP contribution in [0.3, 0.4) is 0 Å². The first-order valence-corrected chi connectivity index (χ1v) is 9.91. The van der Waals surface area contributed by atoms with Crippen molar-refractivity contribution in [2.24, 2.45) is 0 Å². The van der Waals surface area contributed by atoms with Gasteiger partial charge in [0.2, 0.25) is 0 Å². The van der Waals surface area contributed by atoms with Crippen molar-refractivity contribution in [1.29, 1.82) is 0 Å². The standard InChI is InChI=1S/C23H20N2O2S/c1-14-7-10-17(11-8-14)24-21-20(19-5-4-12-28-19)22(26)25(23(21)27)18-13-15(2)6-9-16(18)3/h4-13,24H,1-3H3. The maximum atomic E-state index is 13.3. The lowest BCUT2D eigenvalue weighted by Crippen LogP contribution is -2.33. The first kappa shape index (κ1) is 18.2. The summed E-state index contributed by atoms with van der Waals surface area (Å²) in [6.07, 6.45) is 0. The van der Waals surface area contributed by atoms with E-state index in [9.17, 15) is 9.59 Å². The average Bonchev–Trinajstić information content (AvgIpc) is 3.27. The molecule has 28 heavy (non-hydrogen) atoms. The van der Waals surface area contributed by atoms with Crippen LogP contribution in [0.25, 0.3) is 5.57 Å². The predicted molar refractivity (Wildman–Crippen MR) is 114 cm³/mol. The summed E-state index contributed by atoms with van der Waals surface area (Å²) in [7, 11) is 0. The summed E-state index contributed by atoms with van der Waals surface area (Å²) >= 11 is 1.45. The molecule has 0 atom stereocenters. The van der Waals surface area contributed by atoms with E-state index < -0.39 is 0 Å². The Morgan fingerprint density at radius 2 is 1.57 bits per heavy atom. The predicted octanol–water partition coefficient (Wildman–Crippen LogP) is 5.07. The molecule has 1 N–H and O–H groups in total. The molecule has 0 bridgehead atoms. The molecule has 4 rings (SSSR count). The zero-order valence-electron chi connectivity index (χ0n) is 15.9. The normalized spacial score (nSPS) is 14.2. The molecule has 0 radical (unpaired) electrons. The van der Waals surface area contributed by atoms with Crippen LogP contribution in [-0.4, -0.2) is 11.8 Å². The maximum absolute atomic E-state index is 13.3. The van der Waals surface area contributed by atoms with Gasteiger partial charge < -0.3 is 5.32 Å². The fraction of sp³-hybridized carbons (Fsp3) is 0.130. The van der Waals surface area contributed by atoms with Crippen LogP contribution < -0.4 is 10.2 Å². The first-order chi connectivity index (χ1) is 13.5. The van der Waals surface area contributed by atoms with Crippen molar-refractivity contribution in [3.05, 3.63) is 87.2 Å². The molecule has 3 aromatic rings. The Balaban J connectivity index is 1.82. The number of anilines is 2. The van der Waals surface area contributed by atoms with Crippen LogP contribution in [0.1, 0.15) is 21.6 Å². The zero-order chi connectivity index (χ0) is 19.8. The summed E-state index contributed by atoms with van der Waals surface area (Å²) in [6.45, 7) is 5.87. The number of carbonyl (C=O) groups excluding carboxylic acids is 2. The van der Waals surface area contributed by atoms with Gasteiger partial charge in [0, 0.05) is 10.6 Å². The minimum Gasteiger partial charge on any atom is -0.350 e.